The first-order valence-corrected chi connectivity index (χ1v) is 7.76. The van der Waals surface area contributed by atoms with Gasteiger partial charge in [-0.05, 0) is 5.56 Å². The van der Waals surface area contributed by atoms with E-state index < -0.39 is 6.10 Å². The third kappa shape index (κ3) is 5.88. The molecule has 1 saturated heterocycles. The molecule has 1 aliphatic heterocycles. The van der Waals surface area contributed by atoms with Gasteiger partial charge in [0, 0.05) is 31.0 Å². The maximum absolute atomic E-state index is 9.96. The van der Waals surface area contributed by atoms with Crippen LogP contribution in [-0.2, 0) is 6.42 Å². The molecule has 0 aliphatic carbocycles. The summed E-state index contributed by atoms with van der Waals surface area (Å²) in [5, 5.41) is 9.96. The molecule has 1 aromatic rings. The lowest BCUT2D eigenvalue weighted by Crippen LogP contribution is -2.43. The molecular formula is C14H22IN3OS. The van der Waals surface area contributed by atoms with E-state index in [1.165, 1.54) is 0 Å². The summed E-state index contributed by atoms with van der Waals surface area (Å²) in [7, 11) is 0. The summed E-state index contributed by atoms with van der Waals surface area (Å²) in [6.45, 7) is 2.27. The van der Waals surface area contributed by atoms with Gasteiger partial charge in [0.1, 0.15) is 0 Å². The highest BCUT2D eigenvalue weighted by atomic mass is 127. The predicted octanol–water partition coefficient (Wildman–Crippen LogP) is 1.57. The fraction of sp³-hybridized carbons (Fsp3) is 0.500. The van der Waals surface area contributed by atoms with Crippen LogP contribution >= 0.6 is 35.7 Å². The van der Waals surface area contributed by atoms with Gasteiger partial charge in [-0.15, -0.1) is 24.0 Å². The summed E-state index contributed by atoms with van der Waals surface area (Å²) < 4.78 is 0. The van der Waals surface area contributed by atoms with E-state index in [-0.39, 0.29) is 24.0 Å². The number of aliphatic hydroxyl groups excluding tert-OH is 1. The van der Waals surface area contributed by atoms with Crippen LogP contribution in [-0.4, -0.2) is 53.2 Å². The Morgan fingerprint density at radius 1 is 1.30 bits per heavy atom. The Balaban J connectivity index is 0.00000200. The molecule has 112 valence electrons. The summed E-state index contributed by atoms with van der Waals surface area (Å²) in [4.78, 5) is 6.39. The number of aliphatic imine (C=N–C) groups is 1. The van der Waals surface area contributed by atoms with Gasteiger partial charge in [-0.1, -0.05) is 30.3 Å². The Hall–Kier alpha value is -0.470. The summed E-state index contributed by atoms with van der Waals surface area (Å²) in [5.74, 6) is 2.76. The number of aliphatic hydroxyl groups is 1. The van der Waals surface area contributed by atoms with Crippen LogP contribution < -0.4 is 5.73 Å². The van der Waals surface area contributed by atoms with Crippen molar-refractivity contribution in [3.63, 3.8) is 0 Å². The molecule has 1 atom stereocenters. The average Bonchev–Trinajstić information content (AvgIpc) is 2.47. The van der Waals surface area contributed by atoms with E-state index in [1.807, 2.05) is 42.1 Å². The number of benzene rings is 1. The molecule has 1 aliphatic rings. The summed E-state index contributed by atoms with van der Waals surface area (Å²) in [6, 6.07) is 9.95. The number of thioether (sulfide) groups is 1. The Morgan fingerprint density at radius 2 is 1.95 bits per heavy atom. The second-order valence-corrected chi connectivity index (χ2v) is 5.87. The largest absolute Gasteiger partial charge is 0.391 e. The number of halogens is 1. The van der Waals surface area contributed by atoms with Gasteiger partial charge in [-0.25, -0.2) is 0 Å². The zero-order valence-electron chi connectivity index (χ0n) is 11.4. The normalized spacial score (nSPS) is 17.4. The van der Waals surface area contributed by atoms with E-state index in [0.29, 0.717) is 18.9 Å². The van der Waals surface area contributed by atoms with Gasteiger partial charge in [-0.3, -0.25) is 4.99 Å². The SMILES string of the molecule is I.NC(=NCC(O)Cc1ccccc1)N1CCSCC1. The monoisotopic (exact) mass is 407 g/mol. The number of hydrogen-bond acceptors (Lipinski definition) is 3. The van der Waals surface area contributed by atoms with Crippen molar-refractivity contribution in [2.45, 2.75) is 12.5 Å². The van der Waals surface area contributed by atoms with E-state index in [4.69, 9.17) is 5.73 Å². The van der Waals surface area contributed by atoms with Crippen LogP contribution in [0.3, 0.4) is 0 Å². The first-order valence-electron chi connectivity index (χ1n) is 6.60. The van der Waals surface area contributed by atoms with Gasteiger partial charge in [0.2, 0.25) is 0 Å². The minimum atomic E-state index is -0.472. The number of nitrogens with two attached hydrogens (primary N) is 1. The summed E-state index contributed by atoms with van der Waals surface area (Å²) in [5.41, 5.74) is 7.07. The molecule has 0 radical (unpaired) electrons. The molecule has 4 nitrogen and oxygen atoms in total. The quantitative estimate of drug-likeness (QED) is 0.452. The highest BCUT2D eigenvalue weighted by Crippen LogP contribution is 2.09. The second kappa shape index (κ2) is 9.46. The highest BCUT2D eigenvalue weighted by molar-refractivity contribution is 14.0. The van der Waals surface area contributed by atoms with Crippen LogP contribution in [0, 0.1) is 0 Å². The van der Waals surface area contributed by atoms with E-state index in [1.54, 1.807) is 0 Å². The van der Waals surface area contributed by atoms with Crippen molar-refractivity contribution in [1.82, 2.24) is 4.90 Å². The minimum absolute atomic E-state index is 0. The molecule has 3 N–H and O–H groups in total. The van der Waals surface area contributed by atoms with Crippen molar-refractivity contribution in [3.05, 3.63) is 35.9 Å². The molecule has 0 saturated carbocycles. The minimum Gasteiger partial charge on any atom is -0.391 e. The van der Waals surface area contributed by atoms with E-state index >= 15 is 0 Å². The van der Waals surface area contributed by atoms with E-state index in [2.05, 4.69) is 9.89 Å². The molecule has 0 aromatic heterocycles. The third-order valence-electron chi connectivity index (χ3n) is 3.11. The molecule has 0 bridgehead atoms. The third-order valence-corrected chi connectivity index (χ3v) is 4.06. The Kier molecular flexibility index (Phi) is 8.32. The second-order valence-electron chi connectivity index (χ2n) is 4.64. The topological polar surface area (TPSA) is 61.9 Å². The maximum atomic E-state index is 9.96. The van der Waals surface area contributed by atoms with E-state index in [0.717, 1.165) is 30.2 Å². The van der Waals surface area contributed by atoms with Gasteiger partial charge in [0.15, 0.2) is 5.96 Å². The van der Waals surface area contributed by atoms with Crippen LogP contribution in [0.15, 0.2) is 35.3 Å². The van der Waals surface area contributed by atoms with Crippen LogP contribution in [0.1, 0.15) is 5.56 Å². The molecular weight excluding hydrogens is 385 g/mol. The Bertz CT molecular complexity index is 410. The van der Waals surface area contributed by atoms with Crippen molar-refractivity contribution >= 4 is 41.7 Å². The maximum Gasteiger partial charge on any atom is 0.191 e. The lowest BCUT2D eigenvalue weighted by molar-refractivity contribution is 0.183. The van der Waals surface area contributed by atoms with Crippen molar-refractivity contribution in [2.24, 2.45) is 10.7 Å². The van der Waals surface area contributed by atoms with Crippen molar-refractivity contribution in [2.75, 3.05) is 31.1 Å². The Labute approximate surface area is 141 Å². The Morgan fingerprint density at radius 3 is 2.60 bits per heavy atom. The number of hydrogen-bond donors (Lipinski definition) is 2. The molecule has 6 heteroatoms. The van der Waals surface area contributed by atoms with Gasteiger partial charge in [-0.2, -0.15) is 11.8 Å². The van der Waals surface area contributed by atoms with Crippen LogP contribution in [0.25, 0.3) is 0 Å². The first kappa shape index (κ1) is 17.6. The fourth-order valence-electron chi connectivity index (χ4n) is 2.04. The number of nitrogens with zero attached hydrogens (tertiary/aromatic N) is 2. The zero-order valence-corrected chi connectivity index (χ0v) is 14.6. The molecule has 0 amide bonds. The molecule has 1 aromatic carbocycles. The highest BCUT2D eigenvalue weighted by Gasteiger charge is 2.12. The van der Waals surface area contributed by atoms with Gasteiger partial charge < -0.3 is 15.7 Å². The van der Waals surface area contributed by atoms with Crippen molar-refractivity contribution < 1.29 is 5.11 Å². The molecule has 1 fully saturated rings. The van der Waals surface area contributed by atoms with E-state index in [9.17, 15) is 5.11 Å². The fourth-order valence-corrected chi connectivity index (χ4v) is 2.95. The van der Waals surface area contributed by atoms with Crippen molar-refractivity contribution in [3.8, 4) is 0 Å². The molecule has 0 spiro atoms. The predicted molar refractivity (Wildman–Crippen MR) is 97.0 cm³/mol. The number of guanidine groups is 1. The number of rotatable bonds is 4. The van der Waals surface area contributed by atoms with Gasteiger partial charge >= 0.3 is 0 Å². The van der Waals surface area contributed by atoms with Gasteiger partial charge in [0.25, 0.3) is 0 Å². The van der Waals surface area contributed by atoms with Gasteiger partial charge in [0.05, 0.1) is 12.6 Å². The first-order chi connectivity index (χ1) is 9.25. The van der Waals surface area contributed by atoms with Crippen LogP contribution in [0.5, 0.6) is 0 Å². The van der Waals surface area contributed by atoms with Crippen LogP contribution in [0.2, 0.25) is 0 Å². The molecule has 1 unspecified atom stereocenters. The van der Waals surface area contributed by atoms with Crippen LogP contribution in [0.4, 0.5) is 0 Å². The molecule has 2 rings (SSSR count). The summed E-state index contributed by atoms with van der Waals surface area (Å²) >= 11 is 1.94. The zero-order chi connectivity index (χ0) is 13.5. The smallest absolute Gasteiger partial charge is 0.191 e. The molecule has 20 heavy (non-hydrogen) atoms. The van der Waals surface area contributed by atoms with Crippen molar-refractivity contribution in [1.29, 1.82) is 0 Å². The lowest BCUT2D eigenvalue weighted by Gasteiger charge is -2.27. The standard InChI is InChI=1S/C14H21N3OS.HI/c15-14(17-6-8-19-9-7-17)16-11-13(18)10-12-4-2-1-3-5-12;/h1-5,13,18H,6-11H2,(H2,15,16);1H. The molecule has 1 heterocycles. The average molecular weight is 407 g/mol. The summed E-state index contributed by atoms with van der Waals surface area (Å²) in [6.07, 6.45) is 0.146. The lowest BCUT2D eigenvalue weighted by atomic mass is 10.1.